The summed E-state index contributed by atoms with van der Waals surface area (Å²) in [6.45, 7) is 2.58. The van der Waals surface area contributed by atoms with Crippen molar-refractivity contribution >= 4 is 40.0 Å². The summed E-state index contributed by atoms with van der Waals surface area (Å²) < 4.78 is 5.78. The highest BCUT2D eigenvalue weighted by atomic mass is 32.1. The minimum Gasteiger partial charge on any atom is -0.489 e. The molecule has 4 aromatic carbocycles. The van der Waals surface area contributed by atoms with Gasteiger partial charge in [-0.15, -0.1) is 10.2 Å². The number of aromatic nitrogens is 3. The molecule has 2 N–H and O–H groups in total. The van der Waals surface area contributed by atoms with E-state index in [4.69, 9.17) is 17.0 Å². The SMILES string of the molecule is CCc1ccc(-n2nc3ccc(NC(=S)NC(=O)c4ccc(OCc5ccccc5)cc4)cc3n2)cc1. The Hall–Kier alpha value is -4.56. The Kier molecular flexibility index (Phi) is 7.19. The van der Waals surface area contributed by atoms with Crippen molar-refractivity contribution in [3.05, 3.63) is 114 Å². The van der Waals surface area contributed by atoms with E-state index in [2.05, 4.69) is 39.9 Å². The van der Waals surface area contributed by atoms with Crippen LogP contribution in [-0.2, 0) is 13.0 Å². The number of carbonyl (C=O) groups excluding carboxylic acids is 1. The molecule has 8 heteroatoms. The first-order chi connectivity index (χ1) is 18.1. The molecule has 7 nitrogen and oxygen atoms in total. The van der Waals surface area contributed by atoms with Crippen LogP contribution in [0.4, 0.5) is 5.69 Å². The Bertz CT molecular complexity index is 1530. The topological polar surface area (TPSA) is 81.1 Å². The molecule has 1 aromatic heterocycles. The molecule has 0 saturated heterocycles. The van der Waals surface area contributed by atoms with Gasteiger partial charge in [-0.05, 0) is 84.4 Å². The Labute approximate surface area is 220 Å². The van der Waals surface area contributed by atoms with Crippen molar-refractivity contribution in [2.45, 2.75) is 20.0 Å². The molecule has 1 heterocycles. The Morgan fingerprint density at radius 1 is 0.865 bits per heavy atom. The Morgan fingerprint density at radius 3 is 2.32 bits per heavy atom. The van der Waals surface area contributed by atoms with Gasteiger partial charge in [0.15, 0.2) is 5.11 Å². The molecule has 0 aliphatic rings. The van der Waals surface area contributed by atoms with Gasteiger partial charge in [0.25, 0.3) is 5.91 Å². The van der Waals surface area contributed by atoms with Crippen LogP contribution in [0.1, 0.15) is 28.4 Å². The zero-order chi connectivity index (χ0) is 25.6. The van der Waals surface area contributed by atoms with Crippen LogP contribution >= 0.6 is 12.2 Å². The van der Waals surface area contributed by atoms with Gasteiger partial charge < -0.3 is 10.1 Å². The van der Waals surface area contributed by atoms with E-state index in [1.807, 2.05) is 60.7 Å². The largest absolute Gasteiger partial charge is 0.489 e. The van der Waals surface area contributed by atoms with Crippen LogP contribution in [0, 0.1) is 0 Å². The molecule has 0 aliphatic heterocycles. The van der Waals surface area contributed by atoms with E-state index >= 15 is 0 Å². The highest BCUT2D eigenvalue weighted by Gasteiger charge is 2.10. The molecular formula is C29H25N5O2S. The number of thiocarbonyl (C=S) groups is 1. The summed E-state index contributed by atoms with van der Waals surface area (Å²) in [4.78, 5) is 14.3. The standard InChI is InChI=1S/C29H25N5O2S/c1-2-20-8-13-24(14-9-20)34-32-26-17-12-23(18-27(26)33-34)30-29(37)31-28(35)22-10-15-25(16-11-22)36-19-21-6-4-3-5-7-21/h3-18H,2,19H2,1H3,(H2,30,31,35,37). The predicted octanol–water partition coefficient (Wildman–Crippen LogP) is 5.69. The molecule has 0 aliphatic carbocycles. The van der Waals surface area contributed by atoms with Crippen LogP contribution < -0.4 is 15.4 Å². The number of carbonyl (C=O) groups is 1. The summed E-state index contributed by atoms with van der Waals surface area (Å²) in [5.41, 5.74) is 5.88. The Balaban J connectivity index is 1.18. The lowest BCUT2D eigenvalue weighted by molar-refractivity contribution is 0.0977. The summed E-state index contributed by atoms with van der Waals surface area (Å²) in [5.74, 6) is 0.374. The van der Waals surface area contributed by atoms with Crippen LogP contribution in [0.25, 0.3) is 16.7 Å². The molecule has 0 fully saturated rings. The average molecular weight is 508 g/mol. The van der Waals surface area contributed by atoms with Gasteiger partial charge in [0.1, 0.15) is 23.4 Å². The molecule has 37 heavy (non-hydrogen) atoms. The zero-order valence-corrected chi connectivity index (χ0v) is 21.0. The van der Waals surface area contributed by atoms with Gasteiger partial charge in [-0.1, -0.05) is 49.4 Å². The summed E-state index contributed by atoms with van der Waals surface area (Å²) >= 11 is 5.35. The van der Waals surface area contributed by atoms with E-state index < -0.39 is 0 Å². The minimum absolute atomic E-state index is 0.191. The third-order valence-corrected chi connectivity index (χ3v) is 6.01. The molecule has 0 spiro atoms. The molecule has 5 rings (SSSR count). The second kappa shape index (κ2) is 11.0. The minimum atomic E-state index is -0.311. The fourth-order valence-electron chi connectivity index (χ4n) is 3.75. The number of nitrogens with one attached hydrogen (secondary N) is 2. The number of aryl methyl sites for hydroxylation is 1. The number of rotatable bonds is 7. The van der Waals surface area contributed by atoms with Crippen LogP contribution in [0.3, 0.4) is 0 Å². The molecule has 0 atom stereocenters. The van der Waals surface area contributed by atoms with Gasteiger partial charge in [0.2, 0.25) is 0 Å². The lowest BCUT2D eigenvalue weighted by atomic mass is 10.2. The van der Waals surface area contributed by atoms with Gasteiger partial charge >= 0.3 is 0 Å². The number of nitrogens with zero attached hydrogens (tertiary/aromatic N) is 3. The molecule has 184 valence electrons. The monoisotopic (exact) mass is 507 g/mol. The van der Waals surface area contributed by atoms with Crippen LogP contribution in [0.5, 0.6) is 5.75 Å². The number of anilines is 1. The predicted molar refractivity (Wildman–Crippen MR) is 149 cm³/mol. The molecular weight excluding hydrogens is 482 g/mol. The van der Waals surface area contributed by atoms with Gasteiger partial charge in [0.05, 0.1) is 5.69 Å². The van der Waals surface area contributed by atoms with Crippen molar-refractivity contribution in [2.24, 2.45) is 0 Å². The van der Waals surface area contributed by atoms with Crippen molar-refractivity contribution < 1.29 is 9.53 Å². The normalized spacial score (nSPS) is 10.7. The number of hydrogen-bond acceptors (Lipinski definition) is 5. The third kappa shape index (κ3) is 5.99. The van der Waals surface area contributed by atoms with Gasteiger partial charge in [-0.2, -0.15) is 4.80 Å². The highest BCUT2D eigenvalue weighted by molar-refractivity contribution is 7.80. The first kappa shape index (κ1) is 24.1. The molecule has 0 unspecified atom stereocenters. The van der Waals surface area contributed by atoms with E-state index in [-0.39, 0.29) is 11.0 Å². The maximum absolute atomic E-state index is 12.6. The fraction of sp³-hybridized carbons (Fsp3) is 0.103. The molecule has 5 aromatic rings. The Morgan fingerprint density at radius 2 is 1.59 bits per heavy atom. The summed E-state index contributed by atoms with van der Waals surface area (Å²) in [6.07, 6.45) is 0.981. The lowest BCUT2D eigenvalue weighted by Crippen LogP contribution is -2.34. The number of benzene rings is 4. The smallest absolute Gasteiger partial charge is 0.257 e. The van der Waals surface area contributed by atoms with E-state index in [1.54, 1.807) is 29.1 Å². The summed E-state index contributed by atoms with van der Waals surface area (Å²) in [5, 5.41) is 15.1. The maximum Gasteiger partial charge on any atom is 0.257 e. The highest BCUT2D eigenvalue weighted by Crippen LogP contribution is 2.18. The van der Waals surface area contributed by atoms with Gasteiger partial charge in [-0.3, -0.25) is 10.1 Å². The molecule has 0 saturated carbocycles. The number of ether oxygens (including phenoxy) is 1. The van der Waals surface area contributed by atoms with Gasteiger partial charge in [0, 0.05) is 11.3 Å². The van der Waals surface area contributed by atoms with E-state index in [0.29, 0.717) is 29.1 Å². The quantitative estimate of drug-likeness (QED) is 0.276. The number of hydrogen-bond donors (Lipinski definition) is 2. The molecule has 0 radical (unpaired) electrons. The van der Waals surface area contributed by atoms with Crippen molar-refractivity contribution in [3.8, 4) is 11.4 Å². The zero-order valence-electron chi connectivity index (χ0n) is 20.2. The van der Waals surface area contributed by atoms with Crippen LogP contribution in [0.2, 0.25) is 0 Å². The summed E-state index contributed by atoms with van der Waals surface area (Å²) in [6, 6.07) is 30.5. The van der Waals surface area contributed by atoms with Crippen LogP contribution in [-0.4, -0.2) is 26.0 Å². The second-order valence-corrected chi connectivity index (χ2v) is 8.83. The molecule has 0 bridgehead atoms. The van der Waals surface area contributed by atoms with Crippen molar-refractivity contribution in [3.63, 3.8) is 0 Å². The number of amides is 1. The average Bonchev–Trinajstić information content (AvgIpc) is 3.36. The number of fused-ring (bicyclic) bond motifs is 1. The maximum atomic E-state index is 12.6. The summed E-state index contributed by atoms with van der Waals surface area (Å²) in [7, 11) is 0. The lowest BCUT2D eigenvalue weighted by Gasteiger charge is -2.10. The molecule has 1 amide bonds. The van der Waals surface area contributed by atoms with Crippen molar-refractivity contribution in [1.29, 1.82) is 0 Å². The van der Waals surface area contributed by atoms with Crippen LogP contribution in [0.15, 0.2) is 97.1 Å². The second-order valence-electron chi connectivity index (χ2n) is 8.42. The first-order valence-electron chi connectivity index (χ1n) is 11.9. The third-order valence-electron chi connectivity index (χ3n) is 5.81. The van der Waals surface area contributed by atoms with Gasteiger partial charge in [-0.25, -0.2) is 0 Å². The van der Waals surface area contributed by atoms with Crippen molar-refractivity contribution in [1.82, 2.24) is 20.3 Å². The van der Waals surface area contributed by atoms with E-state index in [1.165, 1.54) is 5.56 Å². The van der Waals surface area contributed by atoms with E-state index in [0.717, 1.165) is 23.2 Å². The van der Waals surface area contributed by atoms with Crippen molar-refractivity contribution in [2.75, 3.05) is 5.32 Å². The fourth-order valence-corrected chi connectivity index (χ4v) is 3.96. The van der Waals surface area contributed by atoms with E-state index in [9.17, 15) is 4.79 Å². The first-order valence-corrected chi connectivity index (χ1v) is 12.3.